The van der Waals surface area contributed by atoms with Gasteiger partial charge in [0.2, 0.25) is 0 Å². The first-order valence-corrected chi connectivity index (χ1v) is 9.51. The van der Waals surface area contributed by atoms with E-state index in [4.69, 9.17) is 13.9 Å². The van der Waals surface area contributed by atoms with Crippen molar-refractivity contribution in [2.24, 2.45) is 0 Å². The molecular weight excluding hydrogens is 366 g/mol. The molecule has 0 saturated carbocycles. The van der Waals surface area contributed by atoms with E-state index in [1.54, 1.807) is 26.2 Å². The third kappa shape index (κ3) is 3.89. The summed E-state index contributed by atoms with van der Waals surface area (Å²) in [6.45, 7) is 4.25. The number of aryl methyl sites for hydroxylation is 1. The van der Waals surface area contributed by atoms with Gasteiger partial charge in [-0.1, -0.05) is 25.1 Å². The van der Waals surface area contributed by atoms with Crippen LogP contribution < -0.4 is 5.32 Å². The predicted molar refractivity (Wildman–Crippen MR) is 105 cm³/mol. The van der Waals surface area contributed by atoms with Crippen LogP contribution in [0, 0.1) is 0 Å². The molecule has 0 unspecified atom stereocenters. The molecule has 1 N–H and O–H groups in total. The number of ether oxygens (including phenoxy) is 2. The van der Waals surface area contributed by atoms with Crippen LogP contribution in [-0.4, -0.2) is 25.6 Å². The quantitative estimate of drug-likeness (QED) is 0.598. The normalized spacial score (nSPS) is 10.9. The zero-order valence-electron chi connectivity index (χ0n) is 15.5. The Bertz CT molecular complexity index is 972. The van der Waals surface area contributed by atoms with E-state index in [0.29, 0.717) is 21.7 Å². The first kappa shape index (κ1) is 19.1. The van der Waals surface area contributed by atoms with Gasteiger partial charge in [-0.3, -0.25) is 4.79 Å². The van der Waals surface area contributed by atoms with Gasteiger partial charge in [-0.25, -0.2) is 4.79 Å². The first-order valence-electron chi connectivity index (χ1n) is 8.69. The van der Waals surface area contributed by atoms with Crippen molar-refractivity contribution < 1.29 is 23.5 Å². The fourth-order valence-corrected chi connectivity index (χ4v) is 3.78. The summed E-state index contributed by atoms with van der Waals surface area (Å²) in [5.41, 5.74) is 1.65. The lowest BCUT2D eigenvalue weighted by molar-refractivity contribution is 0.0528. The molecule has 0 spiro atoms. The van der Waals surface area contributed by atoms with Crippen LogP contribution in [0.3, 0.4) is 0 Å². The molecule has 0 radical (unpaired) electrons. The van der Waals surface area contributed by atoms with Gasteiger partial charge >= 0.3 is 5.97 Å². The van der Waals surface area contributed by atoms with E-state index in [1.165, 1.54) is 11.3 Å². The second-order valence-corrected chi connectivity index (χ2v) is 6.96. The highest BCUT2D eigenvalue weighted by molar-refractivity contribution is 7.16. The van der Waals surface area contributed by atoms with Gasteiger partial charge in [0.05, 0.1) is 18.8 Å². The number of thiophene rings is 1. The van der Waals surface area contributed by atoms with Crippen LogP contribution in [0.5, 0.6) is 0 Å². The molecule has 0 aliphatic carbocycles. The molecule has 2 aromatic heterocycles. The van der Waals surface area contributed by atoms with Gasteiger partial charge < -0.3 is 19.2 Å². The number of esters is 1. The van der Waals surface area contributed by atoms with E-state index in [1.807, 2.05) is 25.1 Å². The number of hydrogen-bond donors (Lipinski definition) is 1. The number of rotatable bonds is 7. The van der Waals surface area contributed by atoms with Gasteiger partial charge in [-0.05, 0) is 25.5 Å². The molecule has 0 aliphatic heterocycles. The summed E-state index contributed by atoms with van der Waals surface area (Å²) >= 11 is 1.36. The second kappa shape index (κ2) is 8.37. The van der Waals surface area contributed by atoms with Gasteiger partial charge in [0, 0.05) is 22.9 Å². The number of para-hydroxylation sites is 1. The molecule has 1 aromatic carbocycles. The number of anilines is 1. The molecule has 0 fully saturated rings. The topological polar surface area (TPSA) is 77.8 Å². The molecule has 3 rings (SSSR count). The smallest absolute Gasteiger partial charge is 0.341 e. The summed E-state index contributed by atoms with van der Waals surface area (Å²) < 4.78 is 16.1. The van der Waals surface area contributed by atoms with E-state index < -0.39 is 11.9 Å². The molecule has 7 heteroatoms. The van der Waals surface area contributed by atoms with Crippen LogP contribution >= 0.6 is 11.3 Å². The van der Waals surface area contributed by atoms with Gasteiger partial charge in [0.15, 0.2) is 5.76 Å². The highest BCUT2D eigenvalue weighted by Crippen LogP contribution is 2.32. The largest absolute Gasteiger partial charge is 0.462 e. The number of furan rings is 1. The Morgan fingerprint density at radius 3 is 2.70 bits per heavy atom. The Morgan fingerprint density at radius 2 is 2.00 bits per heavy atom. The SMILES string of the molecule is CCOC(=O)c1cc(CC)sc1NC(=O)c1oc2ccccc2c1COC. The van der Waals surface area contributed by atoms with E-state index in [9.17, 15) is 9.59 Å². The molecule has 142 valence electrons. The zero-order chi connectivity index (χ0) is 19.4. The van der Waals surface area contributed by atoms with E-state index >= 15 is 0 Å². The summed E-state index contributed by atoms with van der Waals surface area (Å²) in [6.07, 6.45) is 0.756. The summed E-state index contributed by atoms with van der Waals surface area (Å²) in [4.78, 5) is 26.1. The van der Waals surface area contributed by atoms with Crippen LogP contribution in [0.25, 0.3) is 11.0 Å². The molecule has 0 atom stereocenters. The summed E-state index contributed by atoms with van der Waals surface area (Å²) in [5.74, 6) is -0.696. The predicted octanol–water partition coefficient (Wildman–Crippen LogP) is 4.63. The summed E-state index contributed by atoms with van der Waals surface area (Å²) in [6, 6.07) is 9.16. The summed E-state index contributed by atoms with van der Waals surface area (Å²) in [5, 5.41) is 4.10. The van der Waals surface area contributed by atoms with E-state index in [0.717, 1.165) is 16.7 Å². The number of amides is 1. The average Bonchev–Trinajstić information content (AvgIpc) is 3.24. The van der Waals surface area contributed by atoms with Crippen molar-refractivity contribution in [3.05, 3.63) is 52.1 Å². The maximum atomic E-state index is 12.9. The minimum absolute atomic E-state index is 0.180. The number of fused-ring (bicyclic) bond motifs is 1. The number of carbonyl (C=O) groups is 2. The van der Waals surface area contributed by atoms with Crippen LogP contribution in [0.15, 0.2) is 34.7 Å². The molecule has 1 amide bonds. The molecule has 2 heterocycles. The molecule has 6 nitrogen and oxygen atoms in total. The molecule has 0 bridgehead atoms. The monoisotopic (exact) mass is 387 g/mol. The van der Waals surface area contributed by atoms with Crippen LogP contribution in [0.4, 0.5) is 5.00 Å². The number of hydrogen-bond acceptors (Lipinski definition) is 6. The maximum absolute atomic E-state index is 12.9. The van der Waals surface area contributed by atoms with Crippen molar-refractivity contribution in [3.8, 4) is 0 Å². The Hall–Kier alpha value is -2.64. The second-order valence-electron chi connectivity index (χ2n) is 5.82. The minimum Gasteiger partial charge on any atom is -0.462 e. The molecule has 3 aromatic rings. The van der Waals surface area contributed by atoms with Crippen molar-refractivity contribution in [2.45, 2.75) is 26.9 Å². The Morgan fingerprint density at radius 1 is 1.22 bits per heavy atom. The summed E-state index contributed by atoms with van der Waals surface area (Å²) in [7, 11) is 1.56. The first-order chi connectivity index (χ1) is 13.1. The van der Waals surface area contributed by atoms with E-state index in [-0.39, 0.29) is 19.0 Å². The average molecular weight is 387 g/mol. The van der Waals surface area contributed by atoms with Gasteiger partial charge in [-0.15, -0.1) is 11.3 Å². The lowest BCUT2D eigenvalue weighted by atomic mass is 10.1. The van der Waals surface area contributed by atoms with E-state index in [2.05, 4.69) is 5.32 Å². The molecule has 0 aliphatic rings. The van der Waals surface area contributed by atoms with Crippen molar-refractivity contribution in [2.75, 3.05) is 19.0 Å². The Kier molecular flexibility index (Phi) is 5.93. The van der Waals surface area contributed by atoms with Crippen molar-refractivity contribution >= 4 is 39.2 Å². The third-order valence-electron chi connectivity index (χ3n) is 4.05. The van der Waals surface area contributed by atoms with Gasteiger partial charge in [0.1, 0.15) is 10.6 Å². The van der Waals surface area contributed by atoms with Crippen molar-refractivity contribution in [1.29, 1.82) is 0 Å². The molecular formula is C20H21NO5S. The highest BCUT2D eigenvalue weighted by Gasteiger charge is 2.24. The highest BCUT2D eigenvalue weighted by atomic mass is 32.1. The fourth-order valence-electron chi connectivity index (χ4n) is 2.80. The van der Waals surface area contributed by atoms with Gasteiger partial charge in [-0.2, -0.15) is 0 Å². The standard InChI is InChI=1S/C20H21NO5S/c1-4-12-10-14(20(23)25-5-2)19(27-12)21-18(22)17-15(11-24-3)13-8-6-7-9-16(13)26-17/h6-10H,4-5,11H2,1-3H3,(H,21,22). The molecule has 27 heavy (non-hydrogen) atoms. The number of carbonyl (C=O) groups excluding carboxylic acids is 2. The lowest BCUT2D eigenvalue weighted by Gasteiger charge is -2.06. The Labute approximate surface area is 161 Å². The number of benzene rings is 1. The van der Waals surface area contributed by atoms with Crippen LogP contribution in [0.1, 0.15) is 45.2 Å². The third-order valence-corrected chi connectivity index (χ3v) is 5.24. The van der Waals surface area contributed by atoms with Crippen molar-refractivity contribution in [1.82, 2.24) is 0 Å². The fraction of sp³-hybridized carbons (Fsp3) is 0.300. The number of nitrogens with one attached hydrogen (secondary N) is 1. The lowest BCUT2D eigenvalue weighted by Crippen LogP contribution is -2.15. The number of methoxy groups -OCH3 is 1. The molecule has 0 saturated heterocycles. The van der Waals surface area contributed by atoms with Gasteiger partial charge in [0.25, 0.3) is 5.91 Å². The maximum Gasteiger partial charge on any atom is 0.341 e. The minimum atomic E-state index is -0.453. The zero-order valence-corrected chi connectivity index (χ0v) is 16.3. The van der Waals surface area contributed by atoms with Crippen molar-refractivity contribution in [3.63, 3.8) is 0 Å². The van der Waals surface area contributed by atoms with Crippen LogP contribution in [0.2, 0.25) is 0 Å². The van der Waals surface area contributed by atoms with Crippen LogP contribution in [-0.2, 0) is 22.5 Å². The Balaban J connectivity index is 1.96.